The van der Waals surface area contributed by atoms with Crippen LogP contribution in [0.5, 0.6) is 0 Å². The second-order valence-corrected chi connectivity index (χ2v) is 6.16. The van der Waals surface area contributed by atoms with Crippen molar-refractivity contribution in [1.82, 2.24) is 14.9 Å². The highest BCUT2D eigenvalue weighted by atomic mass is 35.5. The fourth-order valence-electron chi connectivity index (χ4n) is 1.84. The lowest BCUT2D eigenvalue weighted by molar-refractivity contribution is 0.872. The zero-order chi connectivity index (χ0) is 14.8. The number of aryl methyl sites for hydroxylation is 1. The molecule has 21 heavy (non-hydrogen) atoms. The van der Waals surface area contributed by atoms with E-state index in [1.807, 2.05) is 36.6 Å². The Balaban J connectivity index is 2.04. The van der Waals surface area contributed by atoms with E-state index in [2.05, 4.69) is 21.4 Å². The van der Waals surface area contributed by atoms with Gasteiger partial charge in [-0.05, 0) is 48.3 Å². The molecule has 0 unspecified atom stereocenters. The van der Waals surface area contributed by atoms with Crippen molar-refractivity contribution in [2.45, 2.75) is 6.92 Å². The number of hydrogen-bond acceptors (Lipinski definition) is 4. The van der Waals surface area contributed by atoms with Crippen molar-refractivity contribution < 1.29 is 0 Å². The quantitative estimate of drug-likeness (QED) is 0.565. The fraction of sp³-hybridized carbons (Fsp3) is 0.0714. The molecule has 1 N–H and O–H groups in total. The number of rotatable bonds is 3. The van der Waals surface area contributed by atoms with Crippen LogP contribution in [0.2, 0.25) is 5.02 Å². The predicted molar refractivity (Wildman–Crippen MR) is 89.9 cm³/mol. The third-order valence-corrected chi connectivity index (χ3v) is 4.38. The molecule has 0 aliphatic carbocycles. The van der Waals surface area contributed by atoms with Gasteiger partial charge in [0.2, 0.25) is 4.77 Å². The molecule has 106 valence electrons. The average Bonchev–Trinajstić information content (AvgIpc) is 3.03. The van der Waals surface area contributed by atoms with Gasteiger partial charge in [0, 0.05) is 10.6 Å². The Hall–Kier alpha value is -1.76. The van der Waals surface area contributed by atoms with Crippen molar-refractivity contribution >= 4 is 41.4 Å². The van der Waals surface area contributed by atoms with Crippen molar-refractivity contribution in [3.63, 3.8) is 0 Å². The summed E-state index contributed by atoms with van der Waals surface area (Å²) in [5.41, 5.74) is 2.04. The minimum absolute atomic E-state index is 0.440. The maximum atomic E-state index is 6.02. The number of nitrogens with zero attached hydrogens (tertiary/aromatic N) is 3. The monoisotopic (exact) mass is 334 g/mol. The van der Waals surface area contributed by atoms with E-state index in [4.69, 9.17) is 23.8 Å². The molecule has 3 rings (SSSR count). The van der Waals surface area contributed by atoms with Gasteiger partial charge in [0.05, 0.1) is 11.1 Å². The van der Waals surface area contributed by atoms with Crippen LogP contribution in [0.25, 0.3) is 11.4 Å². The normalized spacial score (nSPS) is 11.3. The summed E-state index contributed by atoms with van der Waals surface area (Å²) in [7, 11) is 0. The summed E-state index contributed by atoms with van der Waals surface area (Å²) < 4.78 is 2.04. The first-order valence-corrected chi connectivity index (χ1v) is 7.83. The second-order valence-electron chi connectivity index (χ2n) is 4.39. The van der Waals surface area contributed by atoms with Gasteiger partial charge in [-0.2, -0.15) is 14.9 Å². The zero-order valence-corrected chi connectivity index (χ0v) is 13.5. The Morgan fingerprint density at radius 2 is 2.29 bits per heavy atom. The van der Waals surface area contributed by atoms with Crippen LogP contribution < -0.4 is 0 Å². The lowest BCUT2D eigenvalue weighted by Crippen LogP contribution is -1.94. The van der Waals surface area contributed by atoms with Crippen LogP contribution in [0, 0.1) is 11.7 Å². The van der Waals surface area contributed by atoms with E-state index in [-0.39, 0.29) is 0 Å². The third-order valence-electron chi connectivity index (χ3n) is 2.93. The zero-order valence-electron chi connectivity index (χ0n) is 11.1. The van der Waals surface area contributed by atoms with Gasteiger partial charge in [0.15, 0.2) is 5.82 Å². The van der Waals surface area contributed by atoms with Gasteiger partial charge in [-0.25, -0.2) is 5.10 Å². The largest absolute Gasteiger partial charge is 0.250 e. The topological polar surface area (TPSA) is 46.0 Å². The van der Waals surface area contributed by atoms with Crippen molar-refractivity contribution in [3.05, 3.63) is 55.9 Å². The average molecular weight is 335 g/mol. The van der Waals surface area contributed by atoms with Crippen LogP contribution in [0.4, 0.5) is 0 Å². The first-order chi connectivity index (χ1) is 10.1. The van der Waals surface area contributed by atoms with E-state index in [0.29, 0.717) is 15.6 Å². The molecule has 2 heterocycles. The first kappa shape index (κ1) is 14.2. The van der Waals surface area contributed by atoms with E-state index in [0.717, 1.165) is 10.4 Å². The summed E-state index contributed by atoms with van der Waals surface area (Å²) in [5.74, 6) is 0.632. The highest BCUT2D eigenvalue weighted by molar-refractivity contribution is 7.71. The number of aromatic nitrogens is 3. The summed E-state index contributed by atoms with van der Waals surface area (Å²) in [4.78, 5) is 1.09. The number of nitrogens with one attached hydrogen (secondary N) is 1. The van der Waals surface area contributed by atoms with Crippen molar-refractivity contribution in [1.29, 1.82) is 0 Å². The number of H-pyrrole nitrogens is 1. The Labute approximate surface area is 135 Å². The SMILES string of the molecule is Cc1ccsc1C=Nn1c(-c2cccc(Cl)c2)n[nH]c1=S. The molecular weight excluding hydrogens is 324 g/mol. The molecule has 0 saturated carbocycles. The minimum Gasteiger partial charge on any atom is -0.250 e. The van der Waals surface area contributed by atoms with Gasteiger partial charge in [0.25, 0.3) is 0 Å². The molecule has 0 saturated heterocycles. The molecule has 0 atom stereocenters. The predicted octanol–water partition coefficient (Wildman–Crippen LogP) is 4.51. The number of aromatic amines is 1. The van der Waals surface area contributed by atoms with E-state index in [9.17, 15) is 0 Å². The summed E-state index contributed by atoms with van der Waals surface area (Å²) in [6.45, 7) is 2.05. The highest BCUT2D eigenvalue weighted by Gasteiger charge is 2.08. The standard InChI is InChI=1S/C14H11ClN4S2/c1-9-5-6-21-12(9)8-16-19-13(17-18-14(19)20)10-3-2-4-11(15)7-10/h2-8H,1H3,(H,18,20). The molecule has 7 heteroatoms. The van der Waals surface area contributed by atoms with Crippen LogP contribution in [0.1, 0.15) is 10.4 Å². The number of halogens is 1. The molecule has 0 radical (unpaired) electrons. The van der Waals surface area contributed by atoms with Crippen LogP contribution >= 0.6 is 35.2 Å². The van der Waals surface area contributed by atoms with E-state index in [1.54, 1.807) is 22.2 Å². The fourth-order valence-corrected chi connectivity index (χ4v) is 2.99. The van der Waals surface area contributed by atoms with Crippen LogP contribution in [-0.2, 0) is 0 Å². The number of thiophene rings is 1. The Morgan fingerprint density at radius 1 is 1.43 bits per heavy atom. The summed E-state index contributed by atoms with van der Waals surface area (Å²) in [5, 5.41) is 14.1. The first-order valence-electron chi connectivity index (χ1n) is 6.17. The molecule has 0 spiro atoms. The minimum atomic E-state index is 0.440. The molecule has 1 aromatic carbocycles. The van der Waals surface area contributed by atoms with Crippen LogP contribution in [-0.4, -0.2) is 21.1 Å². The Bertz CT molecular complexity index is 860. The van der Waals surface area contributed by atoms with Crippen LogP contribution in [0.3, 0.4) is 0 Å². The van der Waals surface area contributed by atoms with E-state index in [1.165, 1.54) is 5.56 Å². The summed E-state index contributed by atoms with van der Waals surface area (Å²) in [6, 6.07) is 9.48. The van der Waals surface area contributed by atoms with Gasteiger partial charge in [-0.15, -0.1) is 11.3 Å². The number of benzene rings is 1. The van der Waals surface area contributed by atoms with E-state index < -0.39 is 0 Å². The molecule has 0 fully saturated rings. The lowest BCUT2D eigenvalue weighted by atomic mass is 10.2. The molecule has 0 amide bonds. The summed E-state index contributed by atoms with van der Waals surface area (Å²) in [6.07, 6.45) is 1.79. The Kier molecular flexibility index (Phi) is 4.01. The lowest BCUT2D eigenvalue weighted by Gasteiger charge is -2.01. The smallest absolute Gasteiger partial charge is 0.216 e. The van der Waals surface area contributed by atoms with Gasteiger partial charge < -0.3 is 0 Å². The van der Waals surface area contributed by atoms with Gasteiger partial charge in [-0.3, -0.25) is 0 Å². The molecule has 0 aliphatic rings. The molecular formula is C14H11ClN4S2. The van der Waals surface area contributed by atoms with Crippen LogP contribution in [0.15, 0.2) is 40.8 Å². The van der Waals surface area contributed by atoms with Gasteiger partial charge in [-0.1, -0.05) is 23.7 Å². The molecule has 2 aromatic heterocycles. The molecule has 0 bridgehead atoms. The Morgan fingerprint density at radius 3 is 3.00 bits per heavy atom. The van der Waals surface area contributed by atoms with E-state index >= 15 is 0 Å². The van der Waals surface area contributed by atoms with Gasteiger partial charge in [0.1, 0.15) is 0 Å². The molecule has 0 aliphatic heterocycles. The maximum absolute atomic E-state index is 6.02. The summed E-state index contributed by atoms with van der Waals surface area (Å²) >= 11 is 12.9. The molecule has 4 nitrogen and oxygen atoms in total. The van der Waals surface area contributed by atoms with Crippen molar-refractivity contribution in [3.8, 4) is 11.4 Å². The highest BCUT2D eigenvalue weighted by Crippen LogP contribution is 2.21. The molecule has 3 aromatic rings. The van der Waals surface area contributed by atoms with Crippen molar-refractivity contribution in [2.24, 2.45) is 5.10 Å². The van der Waals surface area contributed by atoms with Gasteiger partial charge >= 0.3 is 0 Å². The number of hydrogen-bond donors (Lipinski definition) is 1. The second kappa shape index (κ2) is 5.93. The maximum Gasteiger partial charge on any atom is 0.216 e. The third kappa shape index (κ3) is 2.97. The van der Waals surface area contributed by atoms with Crippen molar-refractivity contribution in [2.75, 3.05) is 0 Å².